The number of benzene rings is 1. The number of nitrogens with one attached hydrogen (secondary N) is 1. The van der Waals surface area contributed by atoms with Gasteiger partial charge in [-0.05, 0) is 38.2 Å². The van der Waals surface area contributed by atoms with Crippen LogP contribution in [-0.4, -0.2) is 46.1 Å². The number of aliphatic hydroxyl groups is 1. The molecular weight excluding hydrogens is 414 g/mol. The van der Waals surface area contributed by atoms with Gasteiger partial charge in [-0.2, -0.15) is 0 Å². The third-order valence-corrected chi connectivity index (χ3v) is 6.50. The number of ether oxygens (including phenoxy) is 2. The first-order valence-corrected chi connectivity index (χ1v) is 11.7. The fraction of sp³-hybridized carbons (Fsp3) is 0.500. The molecule has 3 rings (SSSR count). The molecule has 0 radical (unpaired) electrons. The molecule has 0 saturated carbocycles. The molecular formula is C24H31NO5S. The number of allylic oxidation sites excluding steroid dienone is 2. The second kappa shape index (κ2) is 11.0. The summed E-state index contributed by atoms with van der Waals surface area (Å²) < 4.78 is 11.8. The normalized spacial score (nSPS) is 28.8. The van der Waals surface area contributed by atoms with E-state index >= 15 is 0 Å². The lowest BCUT2D eigenvalue weighted by molar-refractivity contribution is -0.283. The minimum atomic E-state index is -1.56. The minimum absolute atomic E-state index is 0.131. The number of rotatable bonds is 9. The molecule has 7 heteroatoms. The van der Waals surface area contributed by atoms with Gasteiger partial charge in [-0.25, -0.2) is 4.79 Å². The van der Waals surface area contributed by atoms with E-state index in [9.17, 15) is 14.7 Å². The minimum Gasteiger partial charge on any atom is -0.459 e. The highest BCUT2D eigenvalue weighted by atomic mass is 32.2. The highest BCUT2D eigenvalue weighted by Crippen LogP contribution is 2.36. The van der Waals surface area contributed by atoms with E-state index in [1.54, 1.807) is 0 Å². The van der Waals surface area contributed by atoms with E-state index in [4.69, 9.17) is 9.47 Å². The van der Waals surface area contributed by atoms with Crippen LogP contribution in [0.5, 0.6) is 0 Å². The molecule has 0 aliphatic carbocycles. The van der Waals surface area contributed by atoms with Gasteiger partial charge in [0, 0.05) is 24.7 Å². The Kier molecular flexibility index (Phi) is 8.35. The molecule has 2 saturated heterocycles. The van der Waals surface area contributed by atoms with Gasteiger partial charge in [0.1, 0.15) is 6.10 Å². The Hall–Kier alpha value is -2.09. The molecule has 0 spiro atoms. The van der Waals surface area contributed by atoms with Crippen molar-refractivity contribution in [1.29, 1.82) is 0 Å². The number of thioether (sulfide) groups is 1. The van der Waals surface area contributed by atoms with E-state index in [-0.39, 0.29) is 17.8 Å². The quantitative estimate of drug-likeness (QED) is 0.338. The van der Waals surface area contributed by atoms with Crippen molar-refractivity contribution in [1.82, 2.24) is 5.32 Å². The average molecular weight is 446 g/mol. The van der Waals surface area contributed by atoms with Crippen molar-refractivity contribution in [3.8, 4) is 0 Å². The number of carbonyl (C=O) groups excluding carboxylic acids is 2. The smallest absolute Gasteiger partial charge is 0.330 e. The van der Waals surface area contributed by atoms with Gasteiger partial charge in [-0.1, -0.05) is 53.7 Å². The van der Waals surface area contributed by atoms with Crippen LogP contribution < -0.4 is 5.32 Å². The molecule has 0 unspecified atom stereocenters. The Labute approximate surface area is 188 Å². The maximum atomic E-state index is 12.4. The summed E-state index contributed by atoms with van der Waals surface area (Å²) in [6.45, 7) is 5.58. The number of hydrogen-bond acceptors (Lipinski definition) is 6. The molecule has 31 heavy (non-hydrogen) atoms. The molecule has 2 N–H and O–H groups in total. The van der Waals surface area contributed by atoms with Crippen LogP contribution in [0.15, 0.2) is 54.6 Å². The maximum absolute atomic E-state index is 12.4. The van der Waals surface area contributed by atoms with Gasteiger partial charge in [0.15, 0.2) is 5.79 Å². The Balaban J connectivity index is 1.67. The zero-order chi connectivity index (χ0) is 22.3. The van der Waals surface area contributed by atoms with Gasteiger partial charge in [-0.3, -0.25) is 4.79 Å². The van der Waals surface area contributed by atoms with Gasteiger partial charge >= 0.3 is 5.97 Å². The molecule has 1 amide bonds. The van der Waals surface area contributed by atoms with Crippen LogP contribution in [0.4, 0.5) is 4.79 Å². The van der Waals surface area contributed by atoms with E-state index < -0.39 is 23.9 Å². The molecule has 4 atom stereocenters. The van der Waals surface area contributed by atoms with Crippen LogP contribution in [-0.2, 0) is 20.7 Å². The highest BCUT2D eigenvalue weighted by Gasteiger charge is 2.49. The van der Waals surface area contributed by atoms with Gasteiger partial charge in [0.2, 0.25) is 0 Å². The molecule has 1 aromatic rings. The largest absolute Gasteiger partial charge is 0.459 e. The van der Waals surface area contributed by atoms with Gasteiger partial charge in [0.25, 0.3) is 5.24 Å². The zero-order valence-electron chi connectivity index (χ0n) is 17.9. The predicted molar refractivity (Wildman–Crippen MR) is 122 cm³/mol. The summed E-state index contributed by atoms with van der Waals surface area (Å²) >= 11 is 1.12. The molecule has 2 aliphatic rings. The van der Waals surface area contributed by atoms with Crippen molar-refractivity contribution >= 4 is 23.0 Å². The van der Waals surface area contributed by atoms with Crippen molar-refractivity contribution < 1.29 is 24.2 Å². The van der Waals surface area contributed by atoms with Crippen LogP contribution in [0.1, 0.15) is 44.6 Å². The summed E-state index contributed by atoms with van der Waals surface area (Å²) in [4.78, 5) is 24.1. The highest BCUT2D eigenvalue weighted by molar-refractivity contribution is 8.14. The summed E-state index contributed by atoms with van der Waals surface area (Å²) in [5.74, 6) is -1.56. The molecule has 2 heterocycles. The van der Waals surface area contributed by atoms with Crippen LogP contribution in [0.3, 0.4) is 0 Å². The summed E-state index contributed by atoms with van der Waals surface area (Å²) in [5.41, 5.74) is 2.10. The van der Waals surface area contributed by atoms with Crippen LogP contribution in [0.25, 0.3) is 0 Å². The Bertz CT molecular complexity index is 811. The molecule has 0 aromatic heterocycles. The summed E-state index contributed by atoms with van der Waals surface area (Å²) in [7, 11) is 0. The first-order chi connectivity index (χ1) is 14.9. The standard InChI is InChI=1S/C24H31NO5S/c1-3-4-8-17(2)13-22(26)29-20-14-19(12-11-18-9-6-5-7-10-18)30-24(28,15-20)21-16-31-23(27)25-21/h3,5-7,9-10,13,19-21,28H,1,4,8,11-12,14-16H2,2H3,(H,25,27)/t19-,20+,21-,24+/m0/s1. The molecule has 2 fully saturated rings. The lowest BCUT2D eigenvalue weighted by atomic mass is 9.91. The topological polar surface area (TPSA) is 84.9 Å². The number of hydrogen-bond donors (Lipinski definition) is 2. The predicted octanol–water partition coefficient (Wildman–Crippen LogP) is 4.14. The summed E-state index contributed by atoms with van der Waals surface area (Å²) in [5, 5.41) is 13.9. The van der Waals surface area contributed by atoms with E-state index in [1.807, 2.05) is 31.2 Å². The van der Waals surface area contributed by atoms with Gasteiger partial charge < -0.3 is 19.9 Å². The third kappa shape index (κ3) is 6.95. The van der Waals surface area contributed by atoms with Crippen LogP contribution in [0, 0.1) is 0 Å². The van der Waals surface area contributed by atoms with Gasteiger partial charge in [0.05, 0.1) is 12.1 Å². The lowest BCUT2D eigenvalue weighted by Gasteiger charge is -2.43. The number of amides is 1. The van der Waals surface area contributed by atoms with Crippen LogP contribution in [0.2, 0.25) is 0 Å². The summed E-state index contributed by atoms with van der Waals surface area (Å²) in [6.07, 6.45) is 6.20. The molecule has 168 valence electrons. The monoisotopic (exact) mass is 445 g/mol. The Morgan fingerprint density at radius 3 is 2.87 bits per heavy atom. The Morgan fingerprint density at radius 2 is 2.19 bits per heavy atom. The van der Waals surface area contributed by atoms with E-state index in [1.165, 1.54) is 11.6 Å². The molecule has 1 aromatic carbocycles. The Morgan fingerprint density at radius 1 is 1.42 bits per heavy atom. The van der Waals surface area contributed by atoms with E-state index in [0.29, 0.717) is 18.6 Å². The first kappa shape index (κ1) is 23.6. The number of esters is 1. The zero-order valence-corrected chi connectivity index (χ0v) is 18.7. The number of aryl methyl sites for hydroxylation is 1. The fourth-order valence-electron chi connectivity index (χ4n) is 3.98. The number of carbonyl (C=O) groups is 2. The van der Waals surface area contributed by atoms with Crippen molar-refractivity contribution in [3.05, 3.63) is 60.2 Å². The second-order valence-corrected chi connectivity index (χ2v) is 9.21. The average Bonchev–Trinajstić information content (AvgIpc) is 3.18. The van der Waals surface area contributed by atoms with Gasteiger partial charge in [-0.15, -0.1) is 6.58 Å². The van der Waals surface area contributed by atoms with Crippen molar-refractivity contribution in [3.63, 3.8) is 0 Å². The lowest BCUT2D eigenvalue weighted by Crippen LogP contribution is -2.58. The fourth-order valence-corrected chi connectivity index (χ4v) is 4.87. The van der Waals surface area contributed by atoms with Crippen molar-refractivity contribution in [2.75, 3.05) is 5.75 Å². The van der Waals surface area contributed by atoms with Crippen molar-refractivity contribution in [2.24, 2.45) is 0 Å². The molecule has 6 nitrogen and oxygen atoms in total. The van der Waals surface area contributed by atoms with Crippen molar-refractivity contribution in [2.45, 2.75) is 69.5 Å². The third-order valence-electron chi connectivity index (χ3n) is 5.62. The molecule has 2 aliphatic heterocycles. The van der Waals surface area contributed by atoms with E-state index in [2.05, 4.69) is 24.0 Å². The second-order valence-electron chi connectivity index (χ2n) is 8.22. The molecule has 0 bridgehead atoms. The summed E-state index contributed by atoms with van der Waals surface area (Å²) in [6, 6.07) is 9.53. The van der Waals surface area contributed by atoms with E-state index in [0.717, 1.165) is 36.6 Å². The maximum Gasteiger partial charge on any atom is 0.330 e. The van der Waals surface area contributed by atoms with Crippen LogP contribution >= 0.6 is 11.8 Å². The first-order valence-electron chi connectivity index (χ1n) is 10.7. The SMILES string of the molecule is C=CCCC(C)=CC(=O)O[C@@H]1C[C@H](CCc2ccccc2)O[C@@](O)([C@@H]2CSC(=O)N2)C1.